The molecule has 0 aromatic heterocycles. The molecule has 1 N–H and O–H groups in total. The van der Waals surface area contributed by atoms with Gasteiger partial charge in [-0.1, -0.05) is 15.9 Å². The average Bonchev–Trinajstić information content (AvgIpc) is 2.61. The lowest BCUT2D eigenvalue weighted by Crippen LogP contribution is -2.33. The molecule has 1 unspecified atom stereocenters. The lowest BCUT2D eigenvalue weighted by molar-refractivity contribution is -0.120. The number of halogens is 1. The van der Waals surface area contributed by atoms with Gasteiger partial charge < -0.3 is 14.8 Å². The largest absolute Gasteiger partial charge is 0.497 e. The lowest BCUT2D eigenvalue weighted by atomic mass is 10.3. The van der Waals surface area contributed by atoms with Crippen molar-refractivity contribution in [2.45, 2.75) is 17.1 Å². The molecular weight excluding hydrogens is 390 g/mol. The Bertz CT molecular complexity index is 646. The second-order valence-electron chi connectivity index (χ2n) is 5.03. The first-order valence-corrected chi connectivity index (χ1v) is 9.22. The summed E-state index contributed by atoms with van der Waals surface area (Å²) in [4.78, 5) is 13.2. The topological polar surface area (TPSA) is 47.6 Å². The molecule has 1 atom stereocenters. The van der Waals surface area contributed by atoms with Gasteiger partial charge in [0.05, 0.1) is 18.9 Å². The van der Waals surface area contributed by atoms with Crippen LogP contribution < -0.4 is 14.8 Å². The summed E-state index contributed by atoms with van der Waals surface area (Å²) in [6, 6.07) is 15.3. The quantitative estimate of drug-likeness (QED) is 0.525. The standard InChI is InChI=1S/C18H20BrNO3S/c1-13(24-17-9-3-14(19)4-10-17)18(21)20-11-12-23-16-7-5-15(22-2)6-8-16/h3-10,13H,11-12H2,1-2H3,(H,20,21). The SMILES string of the molecule is COc1ccc(OCCNC(=O)C(C)Sc2ccc(Br)cc2)cc1. The molecule has 0 radical (unpaired) electrons. The molecule has 24 heavy (non-hydrogen) atoms. The third-order valence-corrected chi connectivity index (χ3v) is 4.87. The molecule has 6 heteroatoms. The third-order valence-electron chi connectivity index (χ3n) is 3.23. The lowest BCUT2D eigenvalue weighted by Gasteiger charge is -2.12. The van der Waals surface area contributed by atoms with Crippen molar-refractivity contribution >= 4 is 33.6 Å². The Balaban J connectivity index is 1.69. The summed E-state index contributed by atoms with van der Waals surface area (Å²) in [6.45, 7) is 2.79. The van der Waals surface area contributed by atoms with Crippen LogP contribution >= 0.6 is 27.7 Å². The predicted molar refractivity (Wildman–Crippen MR) is 101 cm³/mol. The molecule has 1 amide bonds. The molecule has 0 heterocycles. The third kappa shape index (κ3) is 6.09. The van der Waals surface area contributed by atoms with Crippen molar-refractivity contribution in [1.82, 2.24) is 5.32 Å². The van der Waals surface area contributed by atoms with E-state index in [4.69, 9.17) is 9.47 Å². The Hall–Kier alpha value is -1.66. The molecule has 2 aromatic rings. The van der Waals surface area contributed by atoms with E-state index in [-0.39, 0.29) is 11.2 Å². The van der Waals surface area contributed by atoms with Gasteiger partial charge in [-0.15, -0.1) is 11.8 Å². The molecule has 0 aliphatic heterocycles. The predicted octanol–water partition coefficient (Wildman–Crippen LogP) is 4.13. The summed E-state index contributed by atoms with van der Waals surface area (Å²) >= 11 is 4.93. The molecule has 0 bridgehead atoms. The number of carbonyl (C=O) groups is 1. The van der Waals surface area contributed by atoms with E-state index < -0.39 is 0 Å². The van der Waals surface area contributed by atoms with E-state index in [1.54, 1.807) is 7.11 Å². The van der Waals surface area contributed by atoms with Gasteiger partial charge in [-0.05, 0) is 55.5 Å². The molecule has 0 saturated heterocycles. The van der Waals surface area contributed by atoms with Crippen molar-refractivity contribution in [3.05, 3.63) is 53.0 Å². The maximum atomic E-state index is 12.1. The zero-order valence-corrected chi connectivity index (χ0v) is 16.0. The van der Waals surface area contributed by atoms with Crippen LogP contribution in [0.4, 0.5) is 0 Å². The molecule has 2 rings (SSSR count). The Morgan fingerprint density at radius 3 is 2.38 bits per heavy atom. The van der Waals surface area contributed by atoms with Crippen molar-refractivity contribution in [2.75, 3.05) is 20.3 Å². The maximum Gasteiger partial charge on any atom is 0.233 e. The molecule has 0 fully saturated rings. The highest BCUT2D eigenvalue weighted by Gasteiger charge is 2.13. The van der Waals surface area contributed by atoms with Crippen molar-refractivity contribution in [1.29, 1.82) is 0 Å². The van der Waals surface area contributed by atoms with Crippen LogP contribution in [0.15, 0.2) is 57.9 Å². The minimum absolute atomic E-state index is 0.00116. The molecule has 0 spiro atoms. The van der Waals surface area contributed by atoms with E-state index in [0.29, 0.717) is 13.2 Å². The van der Waals surface area contributed by atoms with Crippen molar-refractivity contribution in [3.8, 4) is 11.5 Å². The van der Waals surface area contributed by atoms with Gasteiger partial charge in [0.1, 0.15) is 18.1 Å². The molecular formula is C18H20BrNO3S. The van der Waals surface area contributed by atoms with Crippen LogP contribution in [0.5, 0.6) is 11.5 Å². The highest BCUT2D eigenvalue weighted by atomic mass is 79.9. The molecule has 4 nitrogen and oxygen atoms in total. The van der Waals surface area contributed by atoms with Crippen molar-refractivity contribution in [3.63, 3.8) is 0 Å². The first-order valence-electron chi connectivity index (χ1n) is 7.55. The number of methoxy groups -OCH3 is 1. The number of ether oxygens (including phenoxy) is 2. The molecule has 0 saturated carbocycles. The molecule has 0 aliphatic rings. The van der Waals surface area contributed by atoms with E-state index in [0.717, 1.165) is 20.9 Å². The zero-order valence-electron chi connectivity index (χ0n) is 13.6. The first-order chi connectivity index (χ1) is 11.6. The van der Waals surface area contributed by atoms with Gasteiger partial charge in [-0.25, -0.2) is 0 Å². The number of carbonyl (C=O) groups excluding carboxylic acids is 1. The highest BCUT2D eigenvalue weighted by molar-refractivity contribution is 9.10. The number of hydrogen-bond donors (Lipinski definition) is 1. The van der Waals surface area contributed by atoms with Gasteiger partial charge in [-0.3, -0.25) is 4.79 Å². The summed E-state index contributed by atoms with van der Waals surface area (Å²) in [5, 5.41) is 2.73. The summed E-state index contributed by atoms with van der Waals surface area (Å²) in [5.41, 5.74) is 0. The molecule has 128 valence electrons. The van der Waals surface area contributed by atoms with Gasteiger partial charge in [0.2, 0.25) is 5.91 Å². The maximum absolute atomic E-state index is 12.1. The smallest absolute Gasteiger partial charge is 0.233 e. The van der Waals surface area contributed by atoms with Crippen LogP contribution in [0.3, 0.4) is 0 Å². The number of amides is 1. The number of hydrogen-bond acceptors (Lipinski definition) is 4. The minimum Gasteiger partial charge on any atom is -0.497 e. The Kier molecular flexibility index (Phi) is 7.46. The van der Waals surface area contributed by atoms with Crippen LogP contribution in [-0.2, 0) is 4.79 Å². The summed E-state index contributed by atoms with van der Waals surface area (Å²) < 4.78 is 11.7. The van der Waals surface area contributed by atoms with E-state index in [1.807, 2.05) is 55.5 Å². The van der Waals surface area contributed by atoms with Crippen LogP contribution in [0, 0.1) is 0 Å². The van der Waals surface area contributed by atoms with Crippen molar-refractivity contribution in [2.24, 2.45) is 0 Å². The van der Waals surface area contributed by atoms with Gasteiger partial charge in [0.15, 0.2) is 0 Å². The number of benzene rings is 2. The molecule has 2 aromatic carbocycles. The second-order valence-corrected chi connectivity index (χ2v) is 7.36. The van der Waals surface area contributed by atoms with Gasteiger partial charge in [0.25, 0.3) is 0 Å². The fourth-order valence-electron chi connectivity index (χ4n) is 1.93. The van der Waals surface area contributed by atoms with Crippen LogP contribution in [-0.4, -0.2) is 31.4 Å². The summed E-state index contributed by atoms with van der Waals surface area (Å²) in [7, 11) is 1.62. The monoisotopic (exact) mass is 409 g/mol. The fraction of sp³-hybridized carbons (Fsp3) is 0.278. The number of rotatable bonds is 8. The molecule has 0 aliphatic carbocycles. The fourth-order valence-corrected chi connectivity index (χ4v) is 3.09. The normalized spacial score (nSPS) is 11.6. The van der Waals surface area contributed by atoms with Crippen molar-refractivity contribution < 1.29 is 14.3 Å². The minimum atomic E-state index is -0.160. The Labute approximate surface area is 155 Å². The second kappa shape index (κ2) is 9.59. The summed E-state index contributed by atoms with van der Waals surface area (Å²) in [5.74, 6) is 1.54. The van der Waals surface area contributed by atoms with Gasteiger partial charge in [0, 0.05) is 9.37 Å². The van der Waals surface area contributed by atoms with Gasteiger partial charge in [-0.2, -0.15) is 0 Å². The van der Waals surface area contributed by atoms with Crippen LogP contribution in [0.25, 0.3) is 0 Å². The van der Waals surface area contributed by atoms with Gasteiger partial charge >= 0.3 is 0 Å². The van der Waals surface area contributed by atoms with Crippen LogP contribution in [0.1, 0.15) is 6.92 Å². The van der Waals surface area contributed by atoms with E-state index in [2.05, 4.69) is 21.2 Å². The summed E-state index contributed by atoms with van der Waals surface area (Å²) in [6.07, 6.45) is 0. The average molecular weight is 410 g/mol. The number of nitrogens with one attached hydrogen (secondary N) is 1. The van der Waals surface area contributed by atoms with E-state index in [1.165, 1.54) is 11.8 Å². The van der Waals surface area contributed by atoms with E-state index >= 15 is 0 Å². The highest BCUT2D eigenvalue weighted by Crippen LogP contribution is 2.24. The Morgan fingerprint density at radius 1 is 1.12 bits per heavy atom. The first kappa shape index (κ1) is 18.7. The van der Waals surface area contributed by atoms with Crippen LogP contribution in [0.2, 0.25) is 0 Å². The van der Waals surface area contributed by atoms with E-state index in [9.17, 15) is 4.79 Å². The zero-order chi connectivity index (χ0) is 17.4. The Morgan fingerprint density at radius 2 is 1.75 bits per heavy atom. The number of thioether (sulfide) groups is 1.